The molecule has 0 N–H and O–H groups in total. The van der Waals surface area contributed by atoms with Crippen molar-refractivity contribution in [3.8, 4) is 0 Å². The molecular weight excluding hydrogens is 613 g/mol. The Hall–Kier alpha value is -3.87. The van der Waals surface area contributed by atoms with Crippen LogP contribution in [0.1, 0.15) is 11.1 Å². The molecule has 0 saturated heterocycles. The van der Waals surface area contributed by atoms with Crippen LogP contribution >= 0.6 is 0 Å². The minimum Gasteiger partial charge on any atom is -0.744 e. The minimum absolute atomic E-state index is 0.0305. The quantitative estimate of drug-likeness (QED) is 0.146. The lowest BCUT2D eigenvalue weighted by Gasteiger charge is -2.39. The highest BCUT2D eigenvalue weighted by Crippen LogP contribution is 2.43. The zero-order chi connectivity index (χ0) is 32.4. The van der Waals surface area contributed by atoms with Gasteiger partial charge in [0, 0.05) is 36.5 Å². The number of anilines is 1. The molecule has 8 nitrogen and oxygen atoms in total. The van der Waals surface area contributed by atoms with Gasteiger partial charge in [-0.1, -0.05) is 50.5 Å². The van der Waals surface area contributed by atoms with Crippen LogP contribution in [0.5, 0.6) is 0 Å². The normalized spacial score (nSPS) is 15.5. The molecule has 1 heterocycles. The second kappa shape index (κ2) is 12.6. The average Bonchev–Trinajstić information content (AvgIpc) is 2.96. The van der Waals surface area contributed by atoms with Gasteiger partial charge in [0.1, 0.15) is 28.3 Å². The van der Waals surface area contributed by atoms with Gasteiger partial charge in [-0.2, -0.15) is 0 Å². The topological polar surface area (TPSA) is 121 Å². The van der Waals surface area contributed by atoms with Gasteiger partial charge in [0.2, 0.25) is 0 Å². The summed E-state index contributed by atoms with van der Waals surface area (Å²) in [5.74, 6) is 0. The van der Waals surface area contributed by atoms with Gasteiger partial charge in [0.05, 0.1) is 9.79 Å². The van der Waals surface area contributed by atoms with Crippen LogP contribution in [0, 0.1) is 0 Å². The number of nitrogens with zero attached hydrogens (tertiary/aromatic N) is 2. The third kappa shape index (κ3) is 6.33. The van der Waals surface area contributed by atoms with Gasteiger partial charge in [-0.05, 0) is 69.6 Å². The molecule has 0 atom stereocenters. The van der Waals surface area contributed by atoms with Crippen molar-refractivity contribution in [1.82, 2.24) is 0 Å². The van der Waals surface area contributed by atoms with Gasteiger partial charge in [-0.3, -0.25) is 0 Å². The van der Waals surface area contributed by atoms with Crippen LogP contribution in [0.25, 0.3) is 5.57 Å². The fourth-order valence-electron chi connectivity index (χ4n) is 5.77. The summed E-state index contributed by atoms with van der Waals surface area (Å²) in [7, 11) is -12.7. The Morgan fingerprint density at radius 3 is 1.98 bits per heavy atom. The fraction of sp³-hybridized carbons (Fsp3) is 0.182. The van der Waals surface area contributed by atoms with Crippen LogP contribution in [0.4, 0.5) is 5.69 Å². The summed E-state index contributed by atoms with van der Waals surface area (Å²) in [6, 6.07) is 8.88. The molecule has 230 valence electrons. The molecule has 0 aromatic heterocycles. The molecule has 0 fully saturated rings. The first kappa shape index (κ1) is 33.0. The number of hydrogen-bond acceptors (Lipinski definition) is 7. The number of hydrogen-bond donors (Lipinski definition) is 0. The van der Waals surface area contributed by atoms with Crippen LogP contribution in [0.3, 0.4) is 0 Å². The Balaban J connectivity index is 2.15. The maximum Gasteiger partial charge on any atom is 0.200 e. The summed E-state index contributed by atoms with van der Waals surface area (Å²) in [5, 5.41) is 2.00. The van der Waals surface area contributed by atoms with Crippen LogP contribution in [0.15, 0.2) is 126 Å². The smallest absolute Gasteiger partial charge is 0.200 e. The highest BCUT2D eigenvalue weighted by molar-refractivity contribution is 7.86. The Kier molecular flexibility index (Phi) is 9.48. The fourth-order valence-corrected chi connectivity index (χ4v) is 10.1. The molecule has 0 amide bonds. The molecule has 1 aliphatic carbocycles. The third-order valence-corrected chi connectivity index (χ3v) is 13.0. The average molecular weight is 648 g/mol. The minimum atomic E-state index is -5.20. The van der Waals surface area contributed by atoms with Gasteiger partial charge >= 0.3 is 0 Å². The SMILES string of the molecule is C=CCN(CC=C)c1ccc2c(c1)[Si](C)(C)C1=CC(=[N+](CC=C)CC=C)C=CC1=C2c1ccc(S(=O)(=O)[O-])cc1S(=O)(=O)[O-]. The molecule has 0 spiro atoms. The van der Waals surface area contributed by atoms with Gasteiger partial charge in [0.25, 0.3) is 0 Å². The standard InChI is InChI=1S/C33H36N2O6S2Si/c1-7-17-34(18-8-2)24-11-14-28-31(21-24)44(5,6)32-22-25(35(19-9-3)20-10-4)12-15-29(32)33(28)27-16-13-26(42(36,37)38)23-30(27)43(39,40)41/h7-16,21-23H,1-4,17-20H2,5-6H3,(H-,36,37,38,39,40,41)/p-1. The van der Waals surface area contributed by atoms with E-state index in [-0.39, 0.29) is 5.56 Å². The van der Waals surface area contributed by atoms with E-state index in [1.807, 2.05) is 24.3 Å². The molecule has 0 bridgehead atoms. The molecule has 11 heteroatoms. The maximum absolute atomic E-state index is 12.6. The molecule has 4 rings (SSSR count). The van der Waals surface area contributed by atoms with Crippen molar-refractivity contribution in [3.05, 3.63) is 127 Å². The van der Waals surface area contributed by atoms with Crippen molar-refractivity contribution in [1.29, 1.82) is 0 Å². The monoisotopic (exact) mass is 647 g/mol. The molecule has 2 aromatic carbocycles. The van der Waals surface area contributed by atoms with Gasteiger partial charge in [-0.15, -0.1) is 13.2 Å². The number of benzene rings is 2. The van der Waals surface area contributed by atoms with Crippen molar-refractivity contribution >= 4 is 50.5 Å². The summed E-state index contributed by atoms with van der Waals surface area (Å²) in [6.07, 6.45) is 13.1. The van der Waals surface area contributed by atoms with E-state index in [0.717, 1.165) is 39.0 Å². The molecular formula is C33H35N2O6S2Si-. The van der Waals surface area contributed by atoms with Crippen molar-refractivity contribution in [2.75, 3.05) is 31.1 Å². The first-order valence-electron chi connectivity index (χ1n) is 13.9. The summed E-state index contributed by atoms with van der Waals surface area (Å²) >= 11 is 0. The van der Waals surface area contributed by atoms with Crippen LogP contribution in [-0.4, -0.2) is 70.5 Å². The van der Waals surface area contributed by atoms with Crippen molar-refractivity contribution in [2.45, 2.75) is 22.9 Å². The van der Waals surface area contributed by atoms with Crippen LogP contribution in [0.2, 0.25) is 13.1 Å². The van der Waals surface area contributed by atoms with Gasteiger partial charge < -0.3 is 14.0 Å². The highest BCUT2D eigenvalue weighted by atomic mass is 32.2. The zero-order valence-electron chi connectivity index (χ0n) is 24.8. The molecule has 2 aliphatic rings. The summed E-state index contributed by atoms with van der Waals surface area (Å²) < 4.78 is 75.3. The molecule has 2 aromatic rings. The van der Waals surface area contributed by atoms with E-state index < -0.39 is 38.1 Å². The predicted octanol–water partition coefficient (Wildman–Crippen LogP) is 4.27. The number of fused-ring (bicyclic) bond motifs is 2. The van der Waals surface area contributed by atoms with Gasteiger partial charge in [0.15, 0.2) is 18.8 Å². The van der Waals surface area contributed by atoms with E-state index in [0.29, 0.717) is 37.8 Å². The first-order chi connectivity index (χ1) is 20.7. The Morgan fingerprint density at radius 2 is 1.43 bits per heavy atom. The van der Waals surface area contributed by atoms with E-state index in [1.54, 1.807) is 24.3 Å². The zero-order valence-corrected chi connectivity index (χ0v) is 27.5. The summed E-state index contributed by atoms with van der Waals surface area (Å²) in [5.41, 5.74) is 3.82. The van der Waals surface area contributed by atoms with Crippen LogP contribution < -0.4 is 10.1 Å². The van der Waals surface area contributed by atoms with E-state index in [4.69, 9.17) is 0 Å². The lowest BCUT2D eigenvalue weighted by atomic mass is 9.89. The highest BCUT2D eigenvalue weighted by Gasteiger charge is 2.41. The number of allylic oxidation sites excluding steroid dienone is 5. The van der Waals surface area contributed by atoms with Crippen molar-refractivity contribution in [2.24, 2.45) is 0 Å². The lowest BCUT2D eigenvalue weighted by molar-refractivity contribution is -0.505. The summed E-state index contributed by atoms with van der Waals surface area (Å²) in [4.78, 5) is 0.547. The largest absolute Gasteiger partial charge is 0.744 e. The number of rotatable bonds is 12. The summed E-state index contributed by atoms with van der Waals surface area (Å²) in [6.45, 7) is 22.2. The van der Waals surface area contributed by atoms with E-state index in [9.17, 15) is 25.9 Å². The molecule has 44 heavy (non-hydrogen) atoms. The second-order valence-corrected chi connectivity index (χ2v) is 18.0. The predicted molar refractivity (Wildman–Crippen MR) is 177 cm³/mol. The van der Waals surface area contributed by atoms with Gasteiger partial charge in [-0.25, -0.2) is 21.4 Å². The van der Waals surface area contributed by atoms with E-state index >= 15 is 0 Å². The Bertz CT molecular complexity index is 1890. The van der Waals surface area contributed by atoms with Crippen LogP contribution in [-0.2, 0) is 20.2 Å². The molecule has 0 radical (unpaired) electrons. The van der Waals surface area contributed by atoms with E-state index in [2.05, 4.69) is 61.0 Å². The maximum atomic E-state index is 12.6. The van der Waals surface area contributed by atoms with Crippen molar-refractivity contribution < 1.29 is 30.5 Å². The van der Waals surface area contributed by atoms with E-state index in [1.165, 1.54) is 6.07 Å². The molecule has 0 unspecified atom stereocenters. The second-order valence-electron chi connectivity index (χ2n) is 11.0. The Morgan fingerprint density at radius 1 is 0.818 bits per heavy atom. The third-order valence-electron chi connectivity index (χ3n) is 7.80. The molecule has 0 saturated carbocycles. The first-order valence-corrected chi connectivity index (χ1v) is 19.7. The lowest BCUT2D eigenvalue weighted by Crippen LogP contribution is -2.50. The molecule has 1 aliphatic heterocycles. The van der Waals surface area contributed by atoms with Crippen molar-refractivity contribution in [3.63, 3.8) is 0 Å². The Labute approximate surface area is 261 Å².